The first kappa shape index (κ1) is 17.0. The van der Waals surface area contributed by atoms with E-state index in [4.69, 9.17) is 5.73 Å². The standard InChI is InChI=1S/C16H24N2O.ClH/c1-13-4-6-14(7-5-13)8-9-15(19)18-16(12-17)10-2-3-11-16;/h4-7H,2-3,8-12,17H2,1H3,(H,18,19);1H. The van der Waals surface area contributed by atoms with Crippen molar-refractivity contribution >= 4 is 18.3 Å². The molecule has 1 aromatic rings. The van der Waals surface area contributed by atoms with Gasteiger partial charge in [0.1, 0.15) is 0 Å². The van der Waals surface area contributed by atoms with Gasteiger partial charge in [-0.25, -0.2) is 0 Å². The molecule has 0 unspecified atom stereocenters. The Labute approximate surface area is 127 Å². The number of nitrogens with two attached hydrogens (primary N) is 1. The lowest BCUT2D eigenvalue weighted by molar-refractivity contribution is -0.122. The van der Waals surface area contributed by atoms with Gasteiger partial charge in [0, 0.05) is 13.0 Å². The van der Waals surface area contributed by atoms with Gasteiger partial charge in [-0.15, -0.1) is 12.4 Å². The highest BCUT2D eigenvalue weighted by atomic mass is 35.5. The van der Waals surface area contributed by atoms with Crippen molar-refractivity contribution in [1.29, 1.82) is 0 Å². The Balaban J connectivity index is 0.00000200. The Bertz CT molecular complexity index is 425. The van der Waals surface area contributed by atoms with Gasteiger partial charge in [-0.05, 0) is 31.7 Å². The summed E-state index contributed by atoms with van der Waals surface area (Å²) < 4.78 is 0. The Kier molecular flexibility index (Phi) is 6.50. The minimum Gasteiger partial charge on any atom is -0.349 e. The fourth-order valence-electron chi connectivity index (χ4n) is 2.80. The lowest BCUT2D eigenvalue weighted by atomic mass is 9.97. The van der Waals surface area contributed by atoms with Gasteiger partial charge >= 0.3 is 0 Å². The fraction of sp³-hybridized carbons (Fsp3) is 0.562. The summed E-state index contributed by atoms with van der Waals surface area (Å²) in [5.74, 6) is 0.132. The molecule has 4 heteroatoms. The van der Waals surface area contributed by atoms with Crippen LogP contribution in [-0.2, 0) is 11.2 Å². The highest BCUT2D eigenvalue weighted by molar-refractivity contribution is 5.85. The van der Waals surface area contributed by atoms with E-state index in [1.165, 1.54) is 24.0 Å². The second-order valence-corrected chi connectivity index (χ2v) is 5.73. The second-order valence-electron chi connectivity index (χ2n) is 5.73. The number of amides is 1. The number of carbonyl (C=O) groups excluding carboxylic acids is 1. The molecule has 1 aliphatic rings. The Morgan fingerprint density at radius 2 is 1.85 bits per heavy atom. The molecule has 3 N–H and O–H groups in total. The molecule has 1 saturated carbocycles. The summed E-state index contributed by atoms with van der Waals surface area (Å²) in [6, 6.07) is 8.37. The summed E-state index contributed by atoms with van der Waals surface area (Å²) in [5.41, 5.74) is 8.17. The smallest absolute Gasteiger partial charge is 0.220 e. The SMILES string of the molecule is Cc1ccc(CCC(=O)NC2(CN)CCCC2)cc1.Cl. The Morgan fingerprint density at radius 3 is 2.40 bits per heavy atom. The molecule has 1 aromatic carbocycles. The number of benzene rings is 1. The normalized spacial score (nSPS) is 16.5. The molecule has 20 heavy (non-hydrogen) atoms. The third-order valence-electron chi connectivity index (χ3n) is 4.12. The molecule has 0 heterocycles. The maximum Gasteiger partial charge on any atom is 0.220 e. The minimum absolute atomic E-state index is 0. The summed E-state index contributed by atoms with van der Waals surface area (Å²) >= 11 is 0. The largest absolute Gasteiger partial charge is 0.349 e. The van der Waals surface area contributed by atoms with Gasteiger partial charge in [0.25, 0.3) is 0 Å². The van der Waals surface area contributed by atoms with Gasteiger partial charge in [0.05, 0.1) is 5.54 Å². The molecule has 0 radical (unpaired) electrons. The highest BCUT2D eigenvalue weighted by Gasteiger charge is 2.33. The van der Waals surface area contributed by atoms with Crippen LogP contribution in [0.5, 0.6) is 0 Å². The highest BCUT2D eigenvalue weighted by Crippen LogP contribution is 2.28. The topological polar surface area (TPSA) is 55.1 Å². The maximum atomic E-state index is 12.0. The molecule has 0 saturated heterocycles. The number of hydrogen-bond acceptors (Lipinski definition) is 2. The fourth-order valence-corrected chi connectivity index (χ4v) is 2.80. The number of hydrogen-bond donors (Lipinski definition) is 2. The minimum atomic E-state index is -0.121. The van der Waals surface area contributed by atoms with Crippen molar-refractivity contribution in [2.24, 2.45) is 5.73 Å². The van der Waals surface area contributed by atoms with Gasteiger partial charge in [0.15, 0.2) is 0 Å². The molecular formula is C16H25ClN2O. The van der Waals surface area contributed by atoms with Crippen molar-refractivity contribution in [3.05, 3.63) is 35.4 Å². The van der Waals surface area contributed by atoms with E-state index in [1.54, 1.807) is 0 Å². The number of nitrogens with one attached hydrogen (secondary N) is 1. The molecule has 0 aromatic heterocycles. The molecule has 1 amide bonds. The zero-order valence-corrected chi connectivity index (χ0v) is 13.0. The molecular weight excluding hydrogens is 272 g/mol. The third-order valence-corrected chi connectivity index (χ3v) is 4.12. The molecule has 2 rings (SSSR count). The van der Waals surface area contributed by atoms with Crippen LogP contribution < -0.4 is 11.1 Å². The van der Waals surface area contributed by atoms with Gasteiger partial charge < -0.3 is 11.1 Å². The molecule has 0 spiro atoms. The van der Waals surface area contributed by atoms with Crippen molar-refractivity contribution in [2.45, 2.75) is 51.0 Å². The molecule has 3 nitrogen and oxygen atoms in total. The van der Waals surface area contributed by atoms with Gasteiger partial charge in [0.2, 0.25) is 5.91 Å². The Morgan fingerprint density at radius 1 is 1.25 bits per heavy atom. The molecule has 1 aliphatic carbocycles. The molecule has 1 fully saturated rings. The quantitative estimate of drug-likeness (QED) is 0.878. The van der Waals surface area contributed by atoms with E-state index in [2.05, 4.69) is 36.5 Å². The Hall–Kier alpha value is -1.06. The monoisotopic (exact) mass is 296 g/mol. The van der Waals surface area contributed by atoms with Crippen LogP contribution in [0.25, 0.3) is 0 Å². The van der Waals surface area contributed by atoms with Crippen LogP contribution in [0.4, 0.5) is 0 Å². The van der Waals surface area contributed by atoms with Gasteiger partial charge in [-0.1, -0.05) is 42.7 Å². The molecule has 112 valence electrons. The first-order valence-corrected chi connectivity index (χ1v) is 7.20. The summed E-state index contributed by atoms with van der Waals surface area (Å²) in [7, 11) is 0. The number of halogens is 1. The third kappa shape index (κ3) is 4.50. The average molecular weight is 297 g/mol. The van der Waals surface area contributed by atoms with Crippen molar-refractivity contribution in [2.75, 3.05) is 6.54 Å². The number of rotatable bonds is 5. The van der Waals surface area contributed by atoms with E-state index >= 15 is 0 Å². The second kappa shape index (κ2) is 7.65. The molecule has 0 aliphatic heterocycles. The maximum absolute atomic E-state index is 12.0. The van der Waals surface area contributed by atoms with Crippen LogP contribution in [0.1, 0.15) is 43.2 Å². The first-order chi connectivity index (χ1) is 9.13. The number of carbonyl (C=O) groups is 1. The zero-order valence-electron chi connectivity index (χ0n) is 12.2. The van der Waals surface area contributed by atoms with E-state index in [0.29, 0.717) is 13.0 Å². The van der Waals surface area contributed by atoms with Gasteiger partial charge in [-0.3, -0.25) is 4.79 Å². The number of aryl methyl sites for hydroxylation is 2. The van der Waals surface area contributed by atoms with Crippen LogP contribution in [0.2, 0.25) is 0 Å². The molecule has 0 atom stereocenters. The summed E-state index contributed by atoms with van der Waals surface area (Å²) in [5, 5.41) is 3.16. The predicted octanol–water partition coefficient (Wildman–Crippen LogP) is 2.74. The summed E-state index contributed by atoms with van der Waals surface area (Å²) in [4.78, 5) is 12.0. The van der Waals surface area contributed by atoms with Gasteiger partial charge in [-0.2, -0.15) is 0 Å². The van der Waals surface area contributed by atoms with E-state index in [9.17, 15) is 4.79 Å². The lowest BCUT2D eigenvalue weighted by Gasteiger charge is -2.28. The van der Waals surface area contributed by atoms with E-state index < -0.39 is 0 Å². The first-order valence-electron chi connectivity index (χ1n) is 7.20. The average Bonchev–Trinajstić information content (AvgIpc) is 2.87. The summed E-state index contributed by atoms with van der Waals surface area (Å²) in [6.07, 6.45) is 5.75. The summed E-state index contributed by atoms with van der Waals surface area (Å²) in [6.45, 7) is 2.63. The van der Waals surface area contributed by atoms with Crippen LogP contribution in [0.3, 0.4) is 0 Å². The van der Waals surface area contributed by atoms with Crippen LogP contribution in [0.15, 0.2) is 24.3 Å². The van der Waals surface area contributed by atoms with E-state index in [1.807, 2.05) is 0 Å². The van der Waals surface area contributed by atoms with E-state index in [-0.39, 0.29) is 23.9 Å². The van der Waals surface area contributed by atoms with Crippen molar-refractivity contribution < 1.29 is 4.79 Å². The van der Waals surface area contributed by atoms with Crippen molar-refractivity contribution in [3.8, 4) is 0 Å². The van der Waals surface area contributed by atoms with Crippen LogP contribution in [0, 0.1) is 6.92 Å². The van der Waals surface area contributed by atoms with Crippen molar-refractivity contribution in [1.82, 2.24) is 5.32 Å². The van der Waals surface area contributed by atoms with Crippen LogP contribution >= 0.6 is 12.4 Å². The van der Waals surface area contributed by atoms with E-state index in [0.717, 1.165) is 19.3 Å². The van der Waals surface area contributed by atoms with Crippen LogP contribution in [-0.4, -0.2) is 18.0 Å². The molecule has 0 bridgehead atoms. The zero-order chi connectivity index (χ0) is 13.7. The predicted molar refractivity (Wildman–Crippen MR) is 85.1 cm³/mol. The van der Waals surface area contributed by atoms with Crippen molar-refractivity contribution in [3.63, 3.8) is 0 Å². The lowest BCUT2D eigenvalue weighted by Crippen LogP contribution is -2.51.